The molecule has 2 aromatic carbocycles. The molecular weight excluding hydrogens is 316 g/mol. The number of rotatable bonds is 6. The fraction of sp³-hybridized carbons (Fsp3) is 0.158. The Labute approximate surface area is 146 Å². The van der Waals surface area contributed by atoms with Crippen LogP contribution in [0.4, 0.5) is 10.5 Å². The van der Waals surface area contributed by atoms with Crippen molar-refractivity contribution in [1.82, 2.24) is 14.9 Å². The van der Waals surface area contributed by atoms with E-state index < -0.39 is 6.09 Å². The van der Waals surface area contributed by atoms with E-state index in [9.17, 15) is 4.79 Å². The van der Waals surface area contributed by atoms with Crippen LogP contribution >= 0.6 is 0 Å². The molecular formula is C19H20N4O2. The van der Waals surface area contributed by atoms with Crippen LogP contribution in [0.5, 0.6) is 0 Å². The average Bonchev–Trinajstić information content (AvgIpc) is 3.18. The molecule has 0 bridgehead atoms. The third kappa shape index (κ3) is 4.68. The van der Waals surface area contributed by atoms with Gasteiger partial charge in [0.15, 0.2) is 0 Å². The topological polar surface area (TPSA) is 68.2 Å². The molecule has 0 saturated carbocycles. The third-order valence-corrected chi connectivity index (χ3v) is 3.78. The summed E-state index contributed by atoms with van der Waals surface area (Å²) in [6.45, 7) is 1.54. The molecule has 3 aromatic rings. The largest absolute Gasteiger partial charge is 0.453 e. The van der Waals surface area contributed by atoms with Crippen molar-refractivity contribution in [1.29, 1.82) is 0 Å². The van der Waals surface area contributed by atoms with E-state index in [-0.39, 0.29) is 0 Å². The third-order valence-electron chi connectivity index (χ3n) is 3.78. The summed E-state index contributed by atoms with van der Waals surface area (Å²) in [7, 11) is 1.34. The fourth-order valence-electron chi connectivity index (χ4n) is 2.42. The monoisotopic (exact) mass is 336 g/mol. The van der Waals surface area contributed by atoms with Gasteiger partial charge in [-0.25, -0.2) is 9.78 Å². The predicted octanol–water partition coefficient (Wildman–Crippen LogP) is 3.34. The number of ether oxygens (including phenoxy) is 1. The highest BCUT2D eigenvalue weighted by Gasteiger charge is 2.01. The minimum Gasteiger partial charge on any atom is -0.453 e. The molecule has 1 amide bonds. The van der Waals surface area contributed by atoms with Crippen molar-refractivity contribution >= 4 is 11.8 Å². The molecule has 0 fully saturated rings. The molecule has 3 rings (SSSR count). The minimum atomic E-state index is -0.468. The van der Waals surface area contributed by atoms with Crippen molar-refractivity contribution in [2.24, 2.45) is 0 Å². The molecule has 6 heteroatoms. The van der Waals surface area contributed by atoms with Gasteiger partial charge in [0, 0.05) is 36.9 Å². The summed E-state index contributed by atoms with van der Waals surface area (Å²) in [5, 5.41) is 6.04. The molecule has 128 valence electrons. The summed E-state index contributed by atoms with van der Waals surface area (Å²) in [5.41, 5.74) is 4.17. The summed E-state index contributed by atoms with van der Waals surface area (Å²) >= 11 is 0. The van der Waals surface area contributed by atoms with Crippen LogP contribution in [0, 0.1) is 0 Å². The van der Waals surface area contributed by atoms with E-state index in [1.807, 2.05) is 35.0 Å². The molecule has 0 saturated heterocycles. The van der Waals surface area contributed by atoms with Crippen molar-refractivity contribution < 1.29 is 9.53 Å². The highest BCUT2D eigenvalue weighted by Crippen LogP contribution is 2.11. The van der Waals surface area contributed by atoms with Crippen molar-refractivity contribution in [2.45, 2.75) is 13.1 Å². The van der Waals surface area contributed by atoms with Crippen LogP contribution < -0.4 is 10.6 Å². The van der Waals surface area contributed by atoms with Crippen molar-refractivity contribution in [3.05, 3.63) is 78.4 Å². The van der Waals surface area contributed by atoms with Crippen molar-refractivity contribution in [2.75, 3.05) is 12.4 Å². The molecule has 0 atom stereocenters. The Hall–Kier alpha value is -3.12. The molecule has 1 heterocycles. The summed E-state index contributed by atoms with van der Waals surface area (Å²) in [6, 6.07) is 16.0. The van der Waals surface area contributed by atoms with Crippen LogP contribution in [0.15, 0.2) is 67.3 Å². The number of anilines is 1. The Morgan fingerprint density at radius 2 is 1.68 bits per heavy atom. The number of amides is 1. The number of nitrogens with one attached hydrogen (secondary N) is 2. The Kier molecular flexibility index (Phi) is 5.43. The standard InChI is InChI=1S/C19H20N4O2/c1-25-19(24)22-17-6-2-15(3-7-17)12-21-13-16-4-8-18(9-5-16)23-11-10-20-14-23/h2-11,14,21H,12-13H2,1H3,(H,22,24). The summed E-state index contributed by atoms with van der Waals surface area (Å²) in [5.74, 6) is 0. The SMILES string of the molecule is COC(=O)Nc1ccc(CNCc2ccc(-n3ccnc3)cc2)cc1. The quantitative estimate of drug-likeness (QED) is 0.724. The second kappa shape index (κ2) is 8.12. The molecule has 0 aliphatic rings. The Bertz CT molecular complexity index is 796. The lowest BCUT2D eigenvalue weighted by atomic mass is 10.2. The van der Waals surface area contributed by atoms with E-state index in [1.165, 1.54) is 12.7 Å². The van der Waals surface area contributed by atoms with Crippen LogP contribution in [0.2, 0.25) is 0 Å². The van der Waals surface area contributed by atoms with Gasteiger partial charge in [-0.2, -0.15) is 0 Å². The maximum atomic E-state index is 11.1. The van der Waals surface area contributed by atoms with Gasteiger partial charge in [-0.1, -0.05) is 24.3 Å². The van der Waals surface area contributed by atoms with Gasteiger partial charge < -0.3 is 14.6 Å². The number of aromatic nitrogens is 2. The molecule has 1 aromatic heterocycles. The van der Waals surface area contributed by atoms with Gasteiger partial charge in [-0.15, -0.1) is 0 Å². The molecule has 0 aliphatic carbocycles. The van der Waals surface area contributed by atoms with E-state index in [4.69, 9.17) is 0 Å². The number of benzene rings is 2. The molecule has 2 N–H and O–H groups in total. The highest BCUT2D eigenvalue weighted by atomic mass is 16.5. The van der Waals surface area contributed by atoms with Crippen LogP contribution in [0.1, 0.15) is 11.1 Å². The Morgan fingerprint density at radius 3 is 2.24 bits per heavy atom. The summed E-state index contributed by atoms with van der Waals surface area (Å²) in [4.78, 5) is 15.2. The normalized spacial score (nSPS) is 10.4. The maximum absolute atomic E-state index is 11.1. The summed E-state index contributed by atoms with van der Waals surface area (Å²) < 4.78 is 6.54. The number of hydrogen-bond acceptors (Lipinski definition) is 4. The first-order chi connectivity index (χ1) is 12.2. The number of imidazole rings is 1. The van der Waals surface area contributed by atoms with E-state index in [2.05, 4.69) is 44.6 Å². The zero-order chi connectivity index (χ0) is 17.5. The Morgan fingerprint density at radius 1 is 1.04 bits per heavy atom. The maximum Gasteiger partial charge on any atom is 0.411 e. The molecule has 0 spiro atoms. The second-order valence-corrected chi connectivity index (χ2v) is 5.55. The lowest BCUT2D eigenvalue weighted by Crippen LogP contribution is -2.13. The minimum absolute atomic E-state index is 0.468. The van der Waals surface area contributed by atoms with E-state index >= 15 is 0 Å². The zero-order valence-corrected chi connectivity index (χ0v) is 14.0. The lowest BCUT2D eigenvalue weighted by molar-refractivity contribution is 0.187. The van der Waals surface area contributed by atoms with Crippen LogP contribution in [0.3, 0.4) is 0 Å². The number of methoxy groups -OCH3 is 1. The lowest BCUT2D eigenvalue weighted by Gasteiger charge is -2.08. The van der Waals surface area contributed by atoms with Gasteiger partial charge in [0.1, 0.15) is 0 Å². The van der Waals surface area contributed by atoms with Gasteiger partial charge in [-0.05, 0) is 35.4 Å². The van der Waals surface area contributed by atoms with E-state index in [0.717, 1.165) is 24.3 Å². The van der Waals surface area contributed by atoms with E-state index in [1.54, 1.807) is 12.5 Å². The first-order valence-electron chi connectivity index (χ1n) is 7.96. The first-order valence-corrected chi connectivity index (χ1v) is 7.96. The predicted molar refractivity (Wildman–Crippen MR) is 96.6 cm³/mol. The number of carbonyl (C=O) groups excluding carboxylic acids is 1. The number of nitrogens with zero attached hydrogens (tertiary/aromatic N) is 2. The van der Waals surface area contributed by atoms with E-state index in [0.29, 0.717) is 5.69 Å². The molecule has 0 unspecified atom stereocenters. The highest BCUT2D eigenvalue weighted by molar-refractivity contribution is 5.84. The second-order valence-electron chi connectivity index (χ2n) is 5.55. The van der Waals surface area contributed by atoms with Gasteiger partial charge >= 0.3 is 6.09 Å². The smallest absolute Gasteiger partial charge is 0.411 e. The first kappa shape index (κ1) is 16.7. The van der Waals surface area contributed by atoms with Crippen molar-refractivity contribution in [3.63, 3.8) is 0 Å². The molecule has 25 heavy (non-hydrogen) atoms. The van der Waals surface area contributed by atoms with Crippen LogP contribution in [-0.2, 0) is 17.8 Å². The van der Waals surface area contributed by atoms with Gasteiger partial charge in [-0.3, -0.25) is 5.32 Å². The summed E-state index contributed by atoms with van der Waals surface area (Å²) in [6.07, 6.45) is 5.00. The van der Waals surface area contributed by atoms with Gasteiger partial charge in [0.25, 0.3) is 0 Å². The van der Waals surface area contributed by atoms with Gasteiger partial charge in [0.05, 0.1) is 13.4 Å². The molecule has 0 radical (unpaired) electrons. The van der Waals surface area contributed by atoms with Crippen LogP contribution in [0.25, 0.3) is 5.69 Å². The fourth-order valence-corrected chi connectivity index (χ4v) is 2.42. The average molecular weight is 336 g/mol. The molecule has 0 aliphatic heterocycles. The van der Waals surface area contributed by atoms with Crippen LogP contribution in [-0.4, -0.2) is 22.8 Å². The van der Waals surface area contributed by atoms with Gasteiger partial charge in [0.2, 0.25) is 0 Å². The molecule has 6 nitrogen and oxygen atoms in total. The zero-order valence-electron chi connectivity index (χ0n) is 14.0. The van der Waals surface area contributed by atoms with Crippen molar-refractivity contribution in [3.8, 4) is 5.69 Å². The number of carbonyl (C=O) groups is 1. The number of hydrogen-bond donors (Lipinski definition) is 2. The Balaban J connectivity index is 1.48.